The third-order valence-electron chi connectivity index (χ3n) is 3.01. The lowest BCUT2D eigenvalue weighted by molar-refractivity contribution is 0.0926. The maximum Gasteiger partial charge on any atom is 0.266 e. The van der Waals surface area contributed by atoms with E-state index in [2.05, 4.69) is 15.9 Å². The SMILES string of the molecule is O=C1c2ccc(Br)cc2C(=O)N1c1ccc(Cl)c(Cl)c1. The molecule has 0 unspecified atom stereocenters. The summed E-state index contributed by atoms with van der Waals surface area (Å²) in [6.45, 7) is 0. The van der Waals surface area contributed by atoms with Crippen LogP contribution in [0.1, 0.15) is 20.7 Å². The van der Waals surface area contributed by atoms with Gasteiger partial charge in [-0.3, -0.25) is 9.59 Å². The molecule has 20 heavy (non-hydrogen) atoms. The van der Waals surface area contributed by atoms with Crippen molar-refractivity contribution in [2.24, 2.45) is 0 Å². The lowest BCUT2D eigenvalue weighted by atomic mass is 10.1. The summed E-state index contributed by atoms with van der Waals surface area (Å²) >= 11 is 15.1. The highest BCUT2D eigenvalue weighted by Gasteiger charge is 2.36. The molecule has 0 bridgehead atoms. The number of fused-ring (bicyclic) bond motifs is 1. The Kier molecular flexibility index (Phi) is 3.32. The highest BCUT2D eigenvalue weighted by Crippen LogP contribution is 2.33. The molecule has 1 aliphatic rings. The van der Waals surface area contributed by atoms with Crippen LogP contribution in [0, 0.1) is 0 Å². The number of benzene rings is 2. The monoisotopic (exact) mass is 369 g/mol. The Bertz CT molecular complexity index is 761. The number of amides is 2. The minimum atomic E-state index is -0.371. The van der Waals surface area contributed by atoms with E-state index in [-0.39, 0.29) is 11.8 Å². The minimum Gasteiger partial charge on any atom is -0.268 e. The van der Waals surface area contributed by atoms with E-state index in [4.69, 9.17) is 23.2 Å². The average Bonchev–Trinajstić information content (AvgIpc) is 2.65. The fraction of sp³-hybridized carbons (Fsp3) is 0. The molecule has 2 aromatic rings. The van der Waals surface area contributed by atoms with Crippen LogP contribution in [0.2, 0.25) is 10.0 Å². The van der Waals surface area contributed by atoms with Gasteiger partial charge in [0.25, 0.3) is 11.8 Å². The van der Waals surface area contributed by atoms with E-state index in [1.165, 1.54) is 6.07 Å². The van der Waals surface area contributed by atoms with Crippen molar-refractivity contribution in [2.75, 3.05) is 4.90 Å². The Labute approximate surface area is 133 Å². The van der Waals surface area contributed by atoms with E-state index in [1.807, 2.05) is 0 Å². The molecule has 0 saturated carbocycles. The van der Waals surface area contributed by atoms with Gasteiger partial charge in [-0.15, -0.1) is 0 Å². The van der Waals surface area contributed by atoms with Crippen LogP contribution in [0.4, 0.5) is 5.69 Å². The first-order valence-electron chi connectivity index (χ1n) is 5.62. The highest BCUT2D eigenvalue weighted by molar-refractivity contribution is 9.10. The van der Waals surface area contributed by atoms with Gasteiger partial charge in [-0.1, -0.05) is 39.1 Å². The number of carbonyl (C=O) groups is 2. The van der Waals surface area contributed by atoms with Crippen molar-refractivity contribution in [3.05, 3.63) is 62.0 Å². The van der Waals surface area contributed by atoms with Gasteiger partial charge < -0.3 is 0 Å². The molecule has 0 fully saturated rings. The third-order valence-corrected chi connectivity index (χ3v) is 4.24. The molecule has 3 nitrogen and oxygen atoms in total. The summed E-state index contributed by atoms with van der Waals surface area (Å²) in [6.07, 6.45) is 0. The topological polar surface area (TPSA) is 37.4 Å². The molecule has 0 radical (unpaired) electrons. The molecule has 0 aliphatic carbocycles. The second-order valence-electron chi connectivity index (χ2n) is 4.23. The first-order chi connectivity index (χ1) is 9.49. The predicted molar refractivity (Wildman–Crippen MR) is 81.7 cm³/mol. The Morgan fingerprint density at radius 2 is 1.55 bits per heavy atom. The van der Waals surface area contributed by atoms with E-state index in [0.29, 0.717) is 26.9 Å². The maximum absolute atomic E-state index is 12.4. The molecule has 0 spiro atoms. The van der Waals surface area contributed by atoms with Crippen LogP contribution in [-0.2, 0) is 0 Å². The Hall–Kier alpha value is -1.36. The molecule has 3 rings (SSSR count). The normalized spacial score (nSPS) is 13.8. The molecular formula is C14H6BrCl2NO2. The number of carbonyl (C=O) groups excluding carboxylic acids is 2. The van der Waals surface area contributed by atoms with Gasteiger partial charge in [0.15, 0.2) is 0 Å². The second-order valence-corrected chi connectivity index (χ2v) is 5.96. The number of halogens is 3. The summed E-state index contributed by atoms with van der Waals surface area (Å²) in [4.78, 5) is 25.8. The number of hydrogen-bond donors (Lipinski definition) is 0. The van der Waals surface area contributed by atoms with Crippen LogP contribution in [0.3, 0.4) is 0 Å². The van der Waals surface area contributed by atoms with Crippen LogP contribution in [0.25, 0.3) is 0 Å². The predicted octanol–water partition coefficient (Wildman–Crippen LogP) is 4.56. The molecule has 2 amide bonds. The Morgan fingerprint density at radius 3 is 2.25 bits per heavy atom. The van der Waals surface area contributed by atoms with Gasteiger partial charge in [0.05, 0.1) is 26.9 Å². The van der Waals surface area contributed by atoms with Crippen molar-refractivity contribution < 1.29 is 9.59 Å². The second kappa shape index (κ2) is 4.88. The molecule has 1 aliphatic heterocycles. The maximum atomic E-state index is 12.4. The standard InChI is InChI=1S/C14H6BrCl2NO2/c15-7-1-3-9-10(5-7)14(20)18(13(9)19)8-2-4-11(16)12(17)6-8/h1-6H. The zero-order valence-electron chi connectivity index (χ0n) is 9.86. The molecule has 1 heterocycles. The summed E-state index contributed by atoms with van der Waals surface area (Å²) in [7, 11) is 0. The van der Waals surface area contributed by atoms with Crippen molar-refractivity contribution in [2.45, 2.75) is 0 Å². The molecule has 0 saturated heterocycles. The first-order valence-corrected chi connectivity index (χ1v) is 7.17. The van der Waals surface area contributed by atoms with Crippen LogP contribution in [0.15, 0.2) is 40.9 Å². The highest BCUT2D eigenvalue weighted by atomic mass is 79.9. The third kappa shape index (κ3) is 2.04. The lowest BCUT2D eigenvalue weighted by Crippen LogP contribution is -2.29. The van der Waals surface area contributed by atoms with Gasteiger partial charge >= 0.3 is 0 Å². The fourth-order valence-electron chi connectivity index (χ4n) is 2.07. The largest absolute Gasteiger partial charge is 0.268 e. The van der Waals surface area contributed by atoms with E-state index in [0.717, 1.165) is 9.37 Å². The van der Waals surface area contributed by atoms with Crippen molar-refractivity contribution in [3.63, 3.8) is 0 Å². The molecule has 0 N–H and O–H groups in total. The average molecular weight is 371 g/mol. The van der Waals surface area contributed by atoms with Crippen molar-refractivity contribution in [1.82, 2.24) is 0 Å². The van der Waals surface area contributed by atoms with E-state index < -0.39 is 0 Å². The Morgan fingerprint density at radius 1 is 0.850 bits per heavy atom. The fourth-order valence-corrected chi connectivity index (χ4v) is 2.73. The van der Waals surface area contributed by atoms with Gasteiger partial charge in [0, 0.05) is 4.47 Å². The smallest absolute Gasteiger partial charge is 0.266 e. The van der Waals surface area contributed by atoms with Crippen LogP contribution in [0.5, 0.6) is 0 Å². The number of rotatable bonds is 1. The number of hydrogen-bond acceptors (Lipinski definition) is 2. The lowest BCUT2D eigenvalue weighted by Gasteiger charge is -2.14. The molecular weight excluding hydrogens is 365 g/mol. The molecule has 0 atom stereocenters. The zero-order valence-corrected chi connectivity index (χ0v) is 13.0. The van der Waals surface area contributed by atoms with E-state index in [9.17, 15) is 9.59 Å². The number of imide groups is 1. The van der Waals surface area contributed by atoms with E-state index in [1.54, 1.807) is 30.3 Å². The van der Waals surface area contributed by atoms with Crippen molar-refractivity contribution >= 4 is 56.6 Å². The van der Waals surface area contributed by atoms with Crippen LogP contribution < -0.4 is 4.90 Å². The number of nitrogens with zero attached hydrogens (tertiary/aromatic N) is 1. The van der Waals surface area contributed by atoms with Crippen molar-refractivity contribution in [3.8, 4) is 0 Å². The summed E-state index contributed by atoms with van der Waals surface area (Å²) in [5.41, 5.74) is 1.15. The molecule has 6 heteroatoms. The first kappa shape index (κ1) is 13.6. The number of anilines is 1. The molecule has 0 aromatic heterocycles. The van der Waals surface area contributed by atoms with E-state index >= 15 is 0 Å². The van der Waals surface area contributed by atoms with Gasteiger partial charge in [-0.05, 0) is 36.4 Å². The van der Waals surface area contributed by atoms with Crippen LogP contribution >= 0.6 is 39.1 Å². The summed E-state index contributed by atoms with van der Waals surface area (Å²) in [5.74, 6) is -0.736. The van der Waals surface area contributed by atoms with Crippen LogP contribution in [-0.4, -0.2) is 11.8 Å². The van der Waals surface area contributed by atoms with Gasteiger partial charge in [-0.2, -0.15) is 0 Å². The van der Waals surface area contributed by atoms with Gasteiger partial charge in [-0.25, -0.2) is 4.90 Å². The molecule has 100 valence electrons. The Balaban J connectivity index is 2.11. The van der Waals surface area contributed by atoms with Gasteiger partial charge in [0.1, 0.15) is 0 Å². The van der Waals surface area contributed by atoms with Crippen molar-refractivity contribution in [1.29, 1.82) is 0 Å². The molecule has 2 aromatic carbocycles. The van der Waals surface area contributed by atoms with Gasteiger partial charge in [0.2, 0.25) is 0 Å². The minimum absolute atomic E-state index is 0.293. The summed E-state index contributed by atoms with van der Waals surface area (Å²) < 4.78 is 0.744. The zero-order chi connectivity index (χ0) is 14.4. The quantitative estimate of drug-likeness (QED) is 0.690. The summed E-state index contributed by atoms with van der Waals surface area (Å²) in [5, 5.41) is 0.664. The summed E-state index contributed by atoms with van der Waals surface area (Å²) in [6, 6.07) is 9.62.